The van der Waals surface area contributed by atoms with E-state index in [0.717, 1.165) is 0 Å². The van der Waals surface area contributed by atoms with Crippen LogP contribution in [0, 0.1) is 10.1 Å². The predicted molar refractivity (Wildman–Crippen MR) is 59.0 cm³/mol. The molecule has 0 spiro atoms. The van der Waals surface area contributed by atoms with Crippen LogP contribution in [0.2, 0.25) is 0 Å². The van der Waals surface area contributed by atoms with E-state index in [-0.39, 0.29) is 12.1 Å². The Morgan fingerprint density at radius 2 is 2.25 bits per heavy atom. The zero-order chi connectivity index (χ0) is 12.0. The van der Waals surface area contributed by atoms with E-state index >= 15 is 0 Å². The maximum atomic E-state index is 10.5. The Hall–Kier alpha value is -2.17. The molecule has 0 aliphatic rings. The zero-order valence-corrected chi connectivity index (χ0v) is 8.50. The summed E-state index contributed by atoms with van der Waals surface area (Å²) < 4.78 is 0. The summed E-state index contributed by atoms with van der Waals surface area (Å²) in [5.74, 6) is -0.858. The summed E-state index contributed by atoms with van der Waals surface area (Å²) >= 11 is 0. The second-order valence-corrected chi connectivity index (χ2v) is 3.19. The third-order valence-corrected chi connectivity index (χ3v) is 1.92. The average molecular weight is 221 g/mol. The van der Waals surface area contributed by atoms with Crippen molar-refractivity contribution in [1.82, 2.24) is 0 Å². The molecule has 0 aromatic heterocycles. The first kappa shape index (κ1) is 11.9. The number of carboxylic acid groups (broad SMARTS) is 1. The molecule has 0 unspecified atom stereocenters. The number of hydrogen-bond donors (Lipinski definition) is 1. The number of nitro benzene ring substituents is 1. The number of non-ortho nitro benzene ring substituents is 1. The molecule has 0 aliphatic heterocycles. The average Bonchev–Trinajstić information content (AvgIpc) is 2.24. The van der Waals surface area contributed by atoms with Gasteiger partial charge in [-0.15, -0.1) is 0 Å². The lowest BCUT2D eigenvalue weighted by Gasteiger charge is -1.94. The number of benzene rings is 1. The summed E-state index contributed by atoms with van der Waals surface area (Å²) in [7, 11) is 0. The molecule has 0 amide bonds. The molecular weight excluding hydrogens is 210 g/mol. The summed E-state index contributed by atoms with van der Waals surface area (Å²) in [6.07, 6.45) is 3.84. The highest BCUT2D eigenvalue weighted by atomic mass is 16.6. The van der Waals surface area contributed by atoms with Gasteiger partial charge in [-0.1, -0.05) is 24.3 Å². The lowest BCUT2D eigenvalue weighted by atomic mass is 10.1. The molecule has 1 aromatic rings. The van der Waals surface area contributed by atoms with Crippen molar-refractivity contribution in [3.05, 3.63) is 46.0 Å². The van der Waals surface area contributed by atoms with Gasteiger partial charge in [0.15, 0.2) is 0 Å². The molecule has 5 nitrogen and oxygen atoms in total. The minimum absolute atomic E-state index is 0.0281. The molecule has 0 saturated carbocycles. The van der Waals surface area contributed by atoms with E-state index in [9.17, 15) is 14.9 Å². The minimum Gasteiger partial charge on any atom is -0.481 e. The number of rotatable bonds is 5. The Labute approximate surface area is 92.2 Å². The number of carboxylic acids is 1. The highest BCUT2D eigenvalue weighted by Gasteiger charge is 2.03. The number of allylic oxidation sites excluding steroid dienone is 1. The number of carbonyl (C=O) groups is 1. The van der Waals surface area contributed by atoms with Crippen molar-refractivity contribution in [2.75, 3.05) is 0 Å². The quantitative estimate of drug-likeness (QED) is 0.611. The second kappa shape index (κ2) is 5.65. The van der Waals surface area contributed by atoms with Crippen molar-refractivity contribution >= 4 is 17.7 Å². The van der Waals surface area contributed by atoms with Crippen LogP contribution >= 0.6 is 0 Å². The lowest BCUT2D eigenvalue weighted by molar-refractivity contribution is -0.384. The standard InChI is InChI=1S/C11H11NO4/c13-11(14)7-2-1-4-9-5-3-6-10(8-9)12(15)16/h1,3-6,8H,2,7H2,(H,13,14). The molecule has 1 rings (SSSR count). The molecule has 0 aliphatic carbocycles. The van der Waals surface area contributed by atoms with Gasteiger partial charge in [-0.3, -0.25) is 14.9 Å². The van der Waals surface area contributed by atoms with Crippen molar-refractivity contribution < 1.29 is 14.8 Å². The fourth-order valence-corrected chi connectivity index (χ4v) is 1.17. The molecule has 0 saturated heterocycles. The van der Waals surface area contributed by atoms with Crippen LogP contribution in [-0.4, -0.2) is 16.0 Å². The molecule has 16 heavy (non-hydrogen) atoms. The normalized spacial score (nSPS) is 10.5. The first-order valence-corrected chi connectivity index (χ1v) is 4.72. The number of aliphatic carboxylic acids is 1. The maximum Gasteiger partial charge on any atom is 0.303 e. The fraction of sp³-hybridized carbons (Fsp3) is 0.182. The summed E-state index contributed by atoms with van der Waals surface area (Å²) in [5.41, 5.74) is 0.722. The Morgan fingerprint density at radius 1 is 1.50 bits per heavy atom. The van der Waals surface area contributed by atoms with Crippen molar-refractivity contribution in [2.45, 2.75) is 12.8 Å². The van der Waals surface area contributed by atoms with E-state index in [1.54, 1.807) is 24.3 Å². The van der Waals surface area contributed by atoms with Gasteiger partial charge in [-0.05, 0) is 12.0 Å². The van der Waals surface area contributed by atoms with Crippen LogP contribution in [0.4, 0.5) is 5.69 Å². The monoisotopic (exact) mass is 221 g/mol. The van der Waals surface area contributed by atoms with Gasteiger partial charge in [0, 0.05) is 18.6 Å². The minimum atomic E-state index is -0.858. The van der Waals surface area contributed by atoms with E-state index < -0.39 is 10.9 Å². The van der Waals surface area contributed by atoms with E-state index in [1.165, 1.54) is 12.1 Å². The third kappa shape index (κ3) is 3.91. The topological polar surface area (TPSA) is 80.4 Å². The van der Waals surface area contributed by atoms with E-state index in [4.69, 9.17) is 5.11 Å². The SMILES string of the molecule is O=C(O)CCC=Cc1cccc([N+](=O)[O-])c1. The fourth-order valence-electron chi connectivity index (χ4n) is 1.17. The van der Waals surface area contributed by atoms with Crippen LogP contribution in [-0.2, 0) is 4.79 Å². The lowest BCUT2D eigenvalue weighted by Crippen LogP contribution is -1.91. The van der Waals surface area contributed by atoms with Crippen molar-refractivity contribution in [3.8, 4) is 0 Å². The molecule has 1 aromatic carbocycles. The van der Waals surface area contributed by atoms with Crippen LogP contribution in [0.5, 0.6) is 0 Å². The molecule has 5 heteroatoms. The molecule has 1 N–H and O–H groups in total. The Balaban J connectivity index is 2.63. The summed E-state index contributed by atoms with van der Waals surface area (Å²) in [5, 5.41) is 18.9. The Morgan fingerprint density at radius 3 is 2.88 bits per heavy atom. The smallest absolute Gasteiger partial charge is 0.303 e. The number of nitrogens with zero attached hydrogens (tertiary/aromatic N) is 1. The van der Waals surface area contributed by atoms with E-state index in [0.29, 0.717) is 12.0 Å². The molecule has 0 heterocycles. The molecule has 0 radical (unpaired) electrons. The first-order valence-electron chi connectivity index (χ1n) is 4.72. The van der Waals surface area contributed by atoms with Crippen LogP contribution < -0.4 is 0 Å². The highest BCUT2D eigenvalue weighted by Crippen LogP contribution is 2.14. The summed E-state index contributed by atoms with van der Waals surface area (Å²) in [6.45, 7) is 0. The predicted octanol–water partition coefficient (Wildman–Crippen LogP) is 2.47. The zero-order valence-electron chi connectivity index (χ0n) is 8.50. The van der Waals surface area contributed by atoms with Gasteiger partial charge in [-0.2, -0.15) is 0 Å². The van der Waals surface area contributed by atoms with Gasteiger partial charge < -0.3 is 5.11 Å². The molecular formula is C11H11NO4. The number of nitro groups is 1. The molecule has 0 fully saturated rings. The largest absolute Gasteiger partial charge is 0.481 e. The van der Waals surface area contributed by atoms with Gasteiger partial charge in [-0.25, -0.2) is 0 Å². The van der Waals surface area contributed by atoms with Crippen molar-refractivity contribution in [1.29, 1.82) is 0 Å². The van der Waals surface area contributed by atoms with Gasteiger partial charge in [0.2, 0.25) is 0 Å². The van der Waals surface area contributed by atoms with Crippen LogP contribution in [0.25, 0.3) is 6.08 Å². The third-order valence-electron chi connectivity index (χ3n) is 1.92. The molecule has 0 atom stereocenters. The summed E-state index contributed by atoms with van der Waals surface area (Å²) in [4.78, 5) is 20.2. The van der Waals surface area contributed by atoms with Crippen molar-refractivity contribution in [2.24, 2.45) is 0 Å². The Kier molecular flexibility index (Phi) is 4.20. The van der Waals surface area contributed by atoms with E-state index in [2.05, 4.69) is 0 Å². The second-order valence-electron chi connectivity index (χ2n) is 3.19. The molecule has 84 valence electrons. The van der Waals surface area contributed by atoms with Gasteiger partial charge in [0.25, 0.3) is 5.69 Å². The van der Waals surface area contributed by atoms with Crippen molar-refractivity contribution in [3.63, 3.8) is 0 Å². The van der Waals surface area contributed by atoms with Crippen LogP contribution in [0.1, 0.15) is 18.4 Å². The number of hydrogen-bond acceptors (Lipinski definition) is 3. The van der Waals surface area contributed by atoms with Crippen LogP contribution in [0.15, 0.2) is 30.3 Å². The highest BCUT2D eigenvalue weighted by molar-refractivity contribution is 5.67. The van der Waals surface area contributed by atoms with Crippen LogP contribution in [0.3, 0.4) is 0 Å². The maximum absolute atomic E-state index is 10.5. The van der Waals surface area contributed by atoms with Gasteiger partial charge in [0.05, 0.1) is 4.92 Å². The Bertz CT molecular complexity index is 426. The van der Waals surface area contributed by atoms with Gasteiger partial charge >= 0.3 is 5.97 Å². The first-order chi connectivity index (χ1) is 7.59. The van der Waals surface area contributed by atoms with E-state index in [1.807, 2.05) is 0 Å². The molecule has 0 bridgehead atoms. The van der Waals surface area contributed by atoms with Gasteiger partial charge in [0.1, 0.15) is 0 Å². The summed E-state index contributed by atoms with van der Waals surface area (Å²) in [6, 6.07) is 6.17.